The van der Waals surface area contributed by atoms with Crippen molar-refractivity contribution in [2.24, 2.45) is 5.73 Å². The lowest BCUT2D eigenvalue weighted by molar-refractivity contribution is -0.0498. The number of hydrogen-bond acceptors (Lipinski definition) is 3. The zero-order valence-corrected chi connectivity index (χ0v) is 11.5. The average Bonchev–Trinajstić information content (AvgIpc) is 2.46. The molecule has 20 heavy (non-hydrogen) atoms. The van der Waals surface area contributed by atoms with Crippen molar-refractivity contribution in [1.29, 1.82) is 0 Å². The van der Waals surface area contributed by atoms with Crippen LogP contribution in [0.2, 0.25) is 0 Å². The maximum atomic E-state index is 12.1. The van der Waals surface area contributed by atoms with E-state index in [0.29, 0.717) is 12.6 Å². The summed E-state index contributed by atoms with van der Waals surface area (Å²) in [7, 11) is 0. The molecule has 1 aliphatic rings. The lowest BCUT2D eigenvalue weighted by Crippen LogP contribution is -2.37. The van der Waals surface area contributed by atoms with Gasteiger partial charge in [0.15, 0.2) is 0 Å². The highest BCUT2D eigenvalue weighted by Gasteiger charge is 2.18. The van der Waals surface area contributed by atoms with Crippen LogP contribution >= 0.6 is 0 Å². The van der Waals surface area contributed by atoms with Gasteiger partial charge >= 0.3 is 6.61 Å². The fourth-order valence-electron chi connectivity index (χ4n) is 2.74. The van der Waals surface area contributed by atoms with Crippen LogP contribution in [0.15, 0.2) is 24.3 Å². The van der Waals surface area contributed by atoms with E-state index in [1.54, 1.807) is 24.3 Å². The number of benzene rings is 1. The summed E-state index contributed by atoms with van der Waals surface area (Å²) in [6, 6.07) is 7.29. The monoisotopic (exact) mass is 284 g/mol. The first kappa shape index (κ1) is 15.2. The van der Waals surface area contributed by atoms with E-state index in [1.807, 2.05) is 0 Å². The van der Waals surface area contributed by atoms with Crippen LogP contribution < -0.4 is 15.8 Å². The topological polar surface area (TPSA) is 47.3 Å². The minimum atomic E-state index is -2.79. The summed E-state index contributed by atoms with van der Waals surface area (Å²) in [5, 5.41) is 3.57. The van der Waals surface area contributed by atoms with E-state index in [2.05, 4.69) is 10.1 Å². The molecule has 1 saturated carbocycles. The molecule has 0 aromatic heterocycles. The molecule has 0 radical (unpaired) electrons. The van der Waals surface area contributed by atoms with Crippen LogP contribution in [0.5, 0.6) is 5.75 Å². The zero-order valence-electron chi connectivity index (χ0n) is 11.5. The predicted molar refractivity (Wildman–Crippen MR) is 74.9 cm³/mol. The first-order valence-electron chi connectivity index (χ1n) is 7.20. The largest absolute Gasteiger partial charge is 0.435 e. The Morgan fingerprint density at radius 2 is 1.80 bits per heavy atom. The summed E-state index contributed by atoms with van der Waals surface area (Å²) >= 11 is 0. The van der Waals surface area contributed by atoms with Crippen LogP contribution in [0.3, 0.4) is 0 Å². The van der Waals surface area contributed by atoms with Gasteiger partial charge in [-0.05, 0) is 30.5 Å². The van der Waals surface area contributed by atoms with Crippen molar-refractivity contribution in [3.63, 3.8) is 0 Å². The van der Waals surface area contributed by atoms with Crippen molar-refractivity contribution in [3.8, 4) is 5.75 Å². The van der Waals surface area contributed by atoms with Gasteiger partial charge in [0.1, 0.15) is 5.75 Å². The highest BCUT2D eigenvalue weighted by Crippen LogP contribution is 2.23. The number of halogens is 2. The molecular formula is C15H22F2N2O. The molecule has 112 valence electrons. The summed E-state index contributed by atoms with van der Waals surface area (Å²) in [5.41, 5.74) is 6.84. The van der Waals surface area contributed by atoms with E-state index in [-0.39, 0.29) is 11.8 Å². The Balaban J connectivity index is 1.95. The van der Waals surface area contributed by atoms with Gasteiger partial charge in [-0.3, -0.25) is 0 Å². The van der Waals surface area contributed by atoms with Gasteiger partial charge < -0.3 is 15.8 Å². The van der Waals surface area contributed by atoms with Gasteiger partial charge in [-0.1, -0.05) is 31.4 Å². The van der Waals surface area contributed by atoms with Crippen molar-refractivity contribution in [3.05, 3.63) is 29.8 Å². The molecular weight excluding hydrogens is 262 g/mol. The first-order valence-corrected chi connectivity index (χ1v) is 7.20. The van der Waals surface area contributed by atoms with Crippen molar-refractivity contribution in [2.75, 3.05) is 6.54 Å². The number of ether oxygens (including phenoxy) is 1. The Morgan fingerprint density at radius 1 is 1.15 bits per heavy atom. The van der Waals surface area contributed by atoms with Crippen LogP contribution in [0.4, 0.5) is 8.78 Å². The van der Waals surface area contributed by atoms with E-state index in [0.717, 1.165) is 5.56 Å². The lowest BCUT2D eigenvalue weighted by atomic mass is 9.94. The summed E-state index contributed by atoms with van der Waals surface area (Å²) in [4.78, 5) is 0. The van der Waals surface area contributed by atoms with E-state index >= 15 is 0 Å². The molecule has 0 bridgehead atoms. The third kappa shape index (κ3) is 4.42. The van der Waals surface area contributed by atoms with Crippen molar-refractivity contribution < 1.29 is 13.5 Å². The van der Waals surface area contributed by atoms with Gasteiger partial charge in [-0.15, -0.1) is 0 Å². The van der Waals surface area contributed by atoms with E-state index in [9.17, 15) is 8.78 Å². The predicted octanol–water partition coefficient (Wildman–Crippen LogP) is 3.21. The molecule has 1 aromatic carbocycles. The minimum Gasteiger partial charge on any atom is -0.435 e. The third-order valence-corrected chi connectivity index (χ3v) is 3.79. The number of rotatable bonds is 6. The van der Waals surface area contributed by atoms with Crippen LogP contribution in [0, 0.1) is 0 Å². The fraction of sp³-hybridized carbons (Fsp3) is 0.600. The second-order valence-electron chi connectivity index (χ2n) is 5.24. The average molecular weight is 284 g/mol. The Hall–Kier alpha value is -1.20. The Bertz CT molecular complexity index is 391. The van der Waals surface area contributed by atoms with Crippen molar-refractivity contribution in [2.45, 2.75) is 50.8 Å². The molecule has 1 atom stereocenters. The highest BCUT2D eigenvalue weighted by atomic mass is 19.3. The Kier molecular flexibility index (Phi) is 5.73. The van der Waals surface area contributed by atoms with Gasteiger partial charge in [0.25, 0.3) is 0 Å². The molecule has 1 aliphatic carbocycles. The summed E-state index contributed by atoms with van der Waals surface area (Å²) in [5.74, 6) is 0.178. The van der Waals surface area contributed by atoms with Crippen LogP contribution in [-0.2, 0) is 0 Å². The SMILES string of the molecule is NCC(NC1CCCCC1)c1ccc(OC(F)F)cc1. The van der Waals surface area contributed by atoms with Crippen molar-refractivity contribution >= 4 is 0 Å². The lowest BCUT2D eigenvalue weighted by Gasteiger charge is -2.28. The molecule has 3 nitrogen and oxygen atoms in total. The number of nitrogens with one attached hydrogen (secondary N) is 1. The van der Waals surface area contributed by atoms with Gasteiger partial charge in [-0.25, -0.2) is 0 Å². The minimum absolute atomic E-state index is 0.0682. The molecule has 0 heterocycles. The molecule has 0 aliphatic heterocycles. The molecule has 5 heteroatoms. The first-order chi connectivity index (χ1) is 9.69. The van der Waals surface area contributed by atoms with Crippen LogP contribution in [-0.4, -0.2) is 19.2 Å². The molecule has 1 aromatic rings. The molecule has 1 fully saturated rings. The maximum Gasteiger partial charge on any atom is 0.387 e. The van der Waals surface area contributed by atoms with Gasteiger partial charge in [0, 0.05) is 18.6 Å². The van der Waals surface area contributed by atoms with Gasteiger partial charge in [-0.2, -0.15) is 8.78 Å². The molecule has 0 amide bonds. The maximum absolute atomic E-state index is 12.1. The van der Waals surface area contributed by atoms with Crippen molar-refractivity contribution in [1.82, 2.24) is 5.32 Å². The smallest absolute Gasteiger partial charge is 0.387 e. The van der Waals surface area contributed by atoms with E-state index in [1.165, 1.54) is 32.1 Å². The highest BCUT2D eigenvalue weighted by molar-refractivity contribution is 5.29. The number of hydrogen-bond donors (Lipinski definition) is 2. The zero-order chi connectivity index (χ0) is 14.4. The molecule has 0 spiro atoms. The van der Waals surface area contributed by atoms with Gasteiger partial charge in [0.05, 0.1) is 0 Å². The summed E-state index contributed by atoms with van der Waals surface area (Å²) < 4.78 is 28.5. The fourth-order valence-corrected chi connectivity index (χ4v) is 2.74. The Morgan fingerprint density at radius 3 is 2.35 bits per heavy atom. The molecule has 0 saturated heterocycles. The quantitative estimate of drug-likeness (QED) is 0.843. The number of nitrogens with two attached hydrogens (primary N) is 1. The van der Waals surface area contributed by atoms with Crippen LogP contribution in [0.25, 0.3) is 0 Å². The number of alkyl halides is 2. The van der Waals surface area contributed by atoms with Crippen LogP contribution in [0.1, 0.15) is 43.7 Å². The van der Waals surface area contributed by atoms with E-state index < -0.39 is 6.61 Å². The molecule has 3 N–H and O–H groups in total. The van der Waals surface area contributed by atoms with Gasteiger partial charge in [0.2, 0.25) is 0 Å². The van der Waals surface area contributed by atoms with E-state index in [4.69, 9.17) is 5.73 Å². The normalized spacial score (nSPS) is 18.2. The second kappa shape index (κ2) is 7.55. The molecule has 1 unspecified atom stereocenters. The molecule has 2 rings (SSSR count). The second-order valence-corrected chi connectivity index (χ2v) is 5.24. The third-order valence-electron chi connectivity index (χ3n) is 3.79. The summed E-state index contributed by atoms with van der Waals surface area (Å²) in [6.45, 7) is -2.29. The Labute approximate surface area is 118 Å². The summed E-state index contributed by atoms with van der Waals surface area (Å²) in [6.07, 6.45) is 6.20. The standard InChI is InChI=1S/C15H22F2N2O/c16-15(17)20-13-8-6-11(7-9-13)14(10-18)19-12-4-2-1-3-5-12/h6-9,12,14-15,19H,1-5,10,18H2.